The second-order valence-corrected chi connectivity index (χ2v) is 11.0. The Kier molecular flexibility index (Phi) is 17.5. The largest absolute Gasteiger partial charge is 0.801 e. The van der Waals surface area contributed by atoms with E-state index in [1.807, 2.05) is 6.26 Å². The van der Waals surface area contributed by atoms with Crippen molar-refractivity contribution in [1.29, 1.82) is 0 Å². The van der Waals surface area contributed by atoms with Gasteiger partial charge in [-0.15, -0.1) is 0 Å². The lowest BCUT2D eigenvalue weighted by atomic mass is 10.2. The van der Waals surface area contributed by atoms with Crippen molar-refractivity contribution in [3.05, 3.63) is 0 Å². The highest BCUT2D eigenvalue weighted by Gasteiger charge is 2.02. The number of rotatable bonds is 17. The van der Waals surface area contributed by atoms with Gasteiger partial charge in [0.05, 0.1) is 13.2 Å². The van der Waals surface area contributed by atoms with Crippen LogP contribution >= 0.6 is 18.3 Å². The van der Waals surface area contributed by atoms with E-state index < -0.39 is 6.49 Å². The summed E-state index contributed by atoms with van der Waals surface area (Å²) >= 11 is 6.34. The third-order valence-corrected chi connectivity index (χ3v) is 5.16. The molecule has 0 aliphatic carbocycles. The molecule has 0 spiro atoms. The fraction of sp³-hybridized carbons (Fsp3) is 0.882. The molecule has 1 atom stereocenters. The number of alkyl carbamates (subject to hydrolysis) is 1. The summed E-state index contributed by atoms with van der Waals surface area (Å²) in [5.41, 5.74) is 0. The topological polar surface area (TPSA) is 99.7 Å². The van der Waals surface area contributed by atoms with E-state index in [1.165, 1.54) is 6.66 Å². The van der Waals surface area contributed by atoms with Crippen LogP contribution in [0, 0.1) is 0 Å². The molecule has 0 heterocycles. The van der Waals surface area contributed by atoms with Crippen LogP contribution in [0.4, 0.5) is 4.79 Å². The van der Waals surface area contributed by atoms with Crippen molar-refractivity contribution in [2.45, 2.75) is 51.4 Å². The highest BCUT2D eigenvalue weighted by atomic mass is 32.5. The predicted molar refractivity (Wildman–Crippen MR) is 114 cm³/mol. The van der Waals surface area contributed by atoms with Crippen LogP contribution in [0.1, 0.15) is 51.4 Å². The third-order valence-electron chi connectivity index (χ3n) is 3.58. The van der Waals surface area contributed by atoms with Gasteiger partial charge in [0.25, 0.3) is 0 Å². The Labute approximate surface area is 172 Å². The monoisotopic (exact) mass is 441 g/mol. The van der Waals surface area contributed by atoms with Crippen molar-refractivity contribution in [1.82, 2.24) is 10.6 Å². The molecule has 0 saturated heterocycles. The van der Waals surface area contributed by atoms with E-state index in [1.54, 1.807) is 11.8 Å². The number of hydrogen-bond acceptors (Lipinski definition) is 7. The molecule has 0 radical (unpaired) electrons. The summed E-state index contributed by atoms with van der Waals surface area (Å²) in [5, 5.41) is 5.60. The van der Waals surface area contributed by atoms with Crippen LogP contribution in [0.3, 0.4) is 0 Å². The molecule has 0 aromatic carbocycles. The molecule has 0 aliphatic heterocycles. The molecule has 0 bridgehead atoms. The van der Waals surface area contributed by atoms with E-state index in [0.29, 0.717) is 32.7 Å². The van der Waals surface area contributed by atoms with Gasteiger partial charge < -0.3 is 24.8 Å². The van der Waals surface area contributed by atoms with E-state index in [9.17, 15) is 14.5 Å². The average Bonchev–Trinajstić information content (AvgIpc) is 2.60. The van der Waals surface area contributed by atoms with Gasteiger partial charge in [-0.1, -0.05) is 24.6 Å². The van der Waals surface area contributed by atoms with Gasteiger partial charge in [0.2, 0.25) is 5.91 Å². The van der Waals surface area contributed by atoms with Crippen molar-refractivity contribution in [3.63, 3.8) is 0 Å². The van der Waals surface area contributed by atoms with Crippen LogP contribution in [-0.2, 0) is 25.9 Å². The van der Waals surface area contributed by atoms with Gasteiger partial charge in [-0.2, -0.15) is 11.8 Å². The van der Waals surface area contributed by atoms with Gasteiger partial charge in [-0.3, -0.25) is 4.79 Å². The van der Waals surface area contributed by atoms with E-state index in [0.717, 1.165) is 50.7 Å². The van der Waals surface area contributed by atoms with Gasteiger partial charge in [0.15, 0.2) is 0 Å². The smallest absolute Gasteiger partial charge is 0.407 e. The zero-order valence-corrected chi connectivity index (χ0v) is 19.0. The maximum Gasteiger partial charge on any atom is 0.407 e. The van der Waals surface area contributed by atoms with Crippen LogP contribution < -0.4 is 15.5 Å². The Morgan fingerprint density at radius 2 is 1.59 bits per heavy atom. The van der Waals surface area contributed by atoms with Crippen molar-refractivity contribution >= 4 is 42.1 Å². The number of carbonyl (C=O) groups is 2. The minimum Gasteiger partial charge on any atom is -0.801 e. The van der Waals surface area contributed by atoms with Gasteiger partial charge in [-0.05, 0) is 51.5 Å². The van der Waals surface area contributed by atoms with Crippen LogP contribution in [0.25, 0.3) is 0 Å². The molecule has 0 fully saturated rings. The van der Waals surface area contributed by atoms with Gasteiger partial charge in [-0.25, -0.2) is 4.79 Å². The predicted octanol–water partition coefficient (Wildman–Crippen LogP) is 2.63. The number of unbranched alkanes of at least 4 members (excludes halogenated alkanes) is 5. The first-order chi connectivity index (χ1) is 12.8. The summed E-state index contributed by atoms with van der Waals surface area (Å²) in [5.74, 6) is 0.943. The SMILES string of the molecule is CSCCC(=O)NCCCCCOC(=O)NCCCCCCOP(C)([O-])=S. The fourth-order valence-electron chi connectivity index (χ4n) is 2.13. The second-order valence-electron chi connectivity index (χ2n) is 6.23. The standard InChI is InChI=1S/C17H35N2O5PS2/c1-25(22,26)24-14-9-4-3-6-12-19-17(21)23-13-8-5-7-11-18-16(20)10-15-27-2/h3-15H2,1-2H3,(H,18,20)(H,19,21)(H,22,26)/p-1. The molecule has 2 N–H and O–H groups in total. The molecular formula is C17H34N2O5PS2-. The van der Waals surface area contributed by atoms with Crippen LogP contribution in [-0.4, -0.2) is 57.0 Å². The minimum atomic E-state index is -2.78. The van der Waals surface area contributed by atoms with Crippen molar-refractivity contribution in [2.75, 3.05) is 45.0 Å². The summed E-state index contributed by atoms with van der Waals surface area (Å²) in [6, 6.07) is 0. The van der Waals surface area contributed by atoms with Gasteiger partial charge in [0.1, 0.15) is 0 Å². The number of ether oxygens (including phenoxy) is 1. The molecule has 7 nitrogen and oxygen atoms in total. The molecule has 160 valence electrons. The molecule has 2 amide bonds. The Morgan fingerprint density at radius 1 is 1.00 bits per heavy atom. The first-order valence-corrected chi connectivity index (χ1v) is 13.9. The second kappa shape index (κ2) is 17.7. The van der Waals surface area contributed by atoms with E-state index >= 15 is 0 Å². The van der Waals surface area contributed by atoms with Crippen LogP contribution in [0.15, 0.2) is 0 Å². The van der Waals surface area contributed by atoms with E-state index in [2.05, 4.69) is 22.4 Å². The lowest BCUT2D eigenvalue weighted by molar-refractivity contribution is -0.180. The number of nitrogens with one attached hydrogen (secondary N) is 2. The molecular weight excluding hydrogens is 407 g/mol. The van der Waals surface area contributed by atoms with E-state index in [4.69, 9.17) is 9.26 Å². The Morgan fingerprint density at radius 3 is 2.26 bits per heavy atom. The fourth-order valence-corrected chi connectivity index (χ4v) is 3.21. The van der Waals surface area contributed by atoms with Gasteiger partial charge >= 0.3 is 6.09 Å². The normalized spacial score (nSPS) is 13.0. The highest BCUT2D eigenvalue weighted by molar-refractivity contribution is 8.08. The minimum absolute atomic E-state index is 0.0956. The molecule has 0 aromatic heterocycles. The molecule has 0 aliphatic rings. The Hall–Kier alpha value is -0.340. The molecule has 0 aromatic rings. The number of hydrogen-bond donors (Lipinski definition) is 2. The Bertz CT molecular complexity index is 449. The molecule has 1 unspecified atom stereocenters. The number of thioether (sulfide) groups is 1. The van der Waals surface area contributed by atoms with Crippen LogP contribution in [0.5, 0.6) is 0 Å². The lowest BCUT2D eigenvalue weighted by Crippen LogP contribution is -2.26. The molecule has 27 heavy (non-hydrogen) atoms. The average molecular weight is 442 g/mol. The summed E-state index contributed by atoms with van der Waals surface area (Å²) in [4.78, 5) is 34.1. The maximum atomic E-state index is 11.5. The molecule has 10 heteroatoms. The maximum absolute atomic E-state index is 11.5. The summed E-state index contributed by atoms with van der Waals surface area (Å²) in [6.07, 6.45) is 8.33. The molecule has 0 saturated carbocycles. The summed E-state index contributed by atoms with van der Waals surface area (Å²) in [6.45, 7) is 0.723. The number of amides is 2. The quantitative estimate of drug-likeness (QED) is 0.264. The van der Waals surface area contributed by atoms with E-state index in [-0.39, 0.29) is 12.0 Å². The highest BCUT2D eigenvalue weighted by Crippen LogP contribution is 2.31. The summed E-state index contributed by atoms with van der Waals surface area (Å²) in [7, 11) is 0. The summed E-state index contributed by atoms with van der Waals surface area (Å²) < 4.78 is 10.1. The number of carbonyl (C=O) groups excluding carboxylic acids is 2. The first kappa shape index (κ1) is 26.7. The third kappa shape index (κ3) is 21.8. The lowest BCUT2D eigenvalue weighted by Gasteiger charge is -2.22. The zero-order chi connectivity index (χ0) is 20.4. The van der Waals surface area contributed by atoms with Crippen molar-refractivity contribution in [3.8, 4) is 0 Å². The first-order valence-electron chi connectivity index (χ1n) is 9.44. The Balaban J connectivity index is 3.31. The van der Waals surface area contributed by atoms with Gasteiger partial charge in [0, 0.05) is 25.3 Å². The van der Waals surface area contributed by atoms with Crippen molar-refractivity contribution in [2.24, 2.45) is 0 Å². The zero-order valence-electron chi connectivity index (χ0n) is 16.5. The van der Waals surface area contributed by atoms with Crippen molar-refractivity contribution < 1.29 is 23.7 Å². The van der Waals surface area contributed by atoms with Crippen LogP contribution in [0.2, 0.25) is 0 Å². The molecule has 0 rings (SSSR count).